The molecule has 0 aromatic heterocycles. The van der Waals surface area contributed by atoms with Crippen molar-refractivity contribution >= 4 is 11.9 Å². The Bertz CT molecular complexity index is 368. The zero-order chi connectivity index (χ0) is 17.1. The minimum atomic E-state index is 0.00193. The average molecular weight is 328 g/mol. The van der Waals surface area contributed by atoms with Gasteiger partial charge in [-0.3, -0.25) is 9.79 Å². The van der Waals surface area contributed by atoms with E-state index in [1.165, 1.54) is 0 Å². The highest BCUT2D eigenvalue weighted by Gasteiger charge is 2.17. The van der Waals surface area contributed by atoms with E-state index >= 15 is 0 Å². The molecule has 0 aliphatic carbocycles. The van der Waals surface area contributed by atoms with Gasteiger partial charge in [0.25, 0.3) is 0 Å². The molecule has 134 valence electrons. The summed E-state index contributed by atoms with van der Waals surface area (Å²) in [6.45, 7) is 11.8. The van der Waals surface area contributed by atoms with Gasteiger partial charge in [-0.25, -0.2) is 0 Å². The van der Waals surface area contributed by atoms with E-state index in [0.29, 0.717) is 26.3 Å². The number of rotatable bonds is 9. The Labute approximate surface area is 139 Å². The second kappa shape index (κ2) is 11.2. The molecule has 1 fully saturated rings. The number of nitrogens with zero attached hydrogens (tertiary/aromatic N) is 1. The molecule has 0 radical (unpaired) electrons. The second-order valence-corrected chi connectivity index (χ2v) is 6.07. The molecule has 1 aliphatic heterocycles. The number of hydrogen-bond donors (Lipinski definition) is 3. The standard InChI is InChI=1S/C16H32N4O3/c1-5-17-16(19-8-7-18-15(21)12(2)3)20-13(4)10-23-14-6-9-22-11-14/h12-14H,5-11H2,1-4H3,(H,18,21)(H2,17,19,20). The van der Waals surface area contributed by atoms with Crippen molar-refractivity contribution in [2.24, 2.45) is 10.9 Å². The van der Waals surface area contributed by atoms with Crippen LogP contribution in [0.5, 0.6) is 0 Å². The van der Waals surface area contributed by atoms with Crippen LogP contribution in [0.3, 0.4) is 0 Å². The lowest BCUT2D eigenvalue weighted by Crippen LogP contribution is -2.45. The number of nitrogens with one attached hydrogen (secondary N) is 3. The highest BCUT2D eigenvalue weighted by Crippen LogP contribution is 2.08. The molecule has 1 rings (SSSR count). The van der Waals surface area contributed by atoms with Gasteiger partial charge in [0.15, 0.2) is 5.96 Å². The fourth-order valence-corrected chi connectivity index (χ4v) is 2.07. The molecular weight excluding hydrogens is 296 g/mol. The van der Waals surface area contributed by atoms with Gasteiger partial charge in [0.2, 0.25) is 5.91 Å². The van der Waals surface area contributed by atoms with Crippen LogP contribution in [0.4, 0.5) is 0 Å². The Morgan fingerprint density at radius 2 is 2.13 bits per heavy atom. The van der Waals surface area contributed by atoms with Crippen molar-refractivity contribution < 1.29 is 14.3 Å². The van der Waals surface area contributed by atoms with E-state index in [2.05, 4.69) is 27.9 Å². The molecule has 3 N–H and O–H groups in total. The summed E-state index contributed by atoms with van der Waals surface area (Å²) in [4.78, 5) is 15.9. The van der Waals surface area contributed by atoms with E-state index in [1.807, 2.05) is 20.8 Å². The largest absolute Gasteiger partial charge is 0.379 e. The van der Waals surface area contributed by atoms with Gasteiger partial charge in [-0.1, -0.05) is 13.8 Å². The Kier molecular flexibility index (Phi) is 9.63. The van der Waals surface area contributed by atoms with Crippen LogP contribution in [0.2, 0.25) is 0 Å². The molecule has 7 heteroatoms. The van der Waals surface area contributed by atoms with Crippen LogP contribution < -0.4 is 16.0 Å². The molecule has 0 spiro atoms. The van der Waals surface area contributed by atoms with Gasteiger partial charge < -0.3 is 25.4 Å². The lowest BCUT2D eigenvalue weighted by Gasteiger charge is -2.19. The topological polar surface area (TPSA) is 84.0 Å². The first-order valence-electron chi connectivity index (χ1n) is 8.54. The third-order valence-electron chi connectivity index (χ3n) is 3.40. The van der Waals surface area contributed by atoms with Crippen LogP contribution >= 0.6 is 0 Å². The fraction of sp³-hybridized carbons (Fsp3) is 0.875. The monoisotopic (exact) mass is 328 g/mol. The van der Waals surface area contributed by atoms with Gasteiger partial charge in [0.1, 0.15) is 0 Å². The van der Waals surface area contributed by atoms with Gasteiger partial charge in [0.05, 0.1) is 25.9 Å². The van der Waals surface area contributed by atoms with Gasteiger partial charge in [0, 0.05) is 31.7 Å². The van der Waals surface area contributed by atoms with E-state index in [-0.39, 0.29) is 24.0 Å². The maximum atomic E-state index is 11.5. The Hall–Kier alpha value is -1.34. The summed E-state index contributed by atoms with van der Waals surface area (Å²) in [6, 6.07) is 0.152. The van der Waals surface area contributed by atoms with Crippen LogP contribution in [0.15, 0.2) is 4.99 Å². The quantitative estimate of drug-likeness (QED) is 0.326. The number of amides is 1. The molecule has 0 aromatic carbocycles. The number of aliphatic imine (C=N–C) groups is 1. The number of carbonyl (C=O) groups is 1. The van der Waals surface area contributed by atoms with Gasteiger partial charge in [-0.2, -0.15) is 0 Å². The van der Waals surface area contributed by atoms with E-state index in [0.717, 1.165) is 25.5 Å². The van der Waals surface area contributed by atoms with Gasteiger partial charge in [-0.05, 0) is 20.3 Å². The Morgan fingerprint density at radius 3 is 2.74 bits per heavy atom. The van der Waals surface area contributed by atoms with Crippen LogP contribution in [0, 0.1) is 5.92 Å². The van der Waals surface area contributed by atoms with Crippen molar-refractivity contribution in [3.05, 3.63) is 0 Å². The lowest BCUT2D eigenvalue weighted by atomic mass is 10.2. The molecule has 23 heavy (non-hydrogen) atoms. The summed E-state index contributed by atoms with van der Waals surface area (Å²) in [7, 11) is 0. The van der Waals surface area contributed by atoms with Crippen LogP contribution in [-0.4, -0.2) is 63.5 Å². The molecule has 0 saturated carbocycles. The third-order valence-corrected chi connectivity index (χ3v) is 3.40. The first-order valence-corrected chi connectivity index (χ1v) is 8.54. The van der Waals surface area contributed by atoms with Crippen molar-refractivity contribution in [3.63, 3.8) is 0 Å². The van der Waals surface area contributed by atoms with E-state index in [1.54, 1.807) is 0 Å². The summed E-state index contributed by atoms with van der Waals surface area (Å²) >= 11 is 0. The van der Waals surface area contributed by atoms with Crippen molar-refractivity contribution in [1.82, 2.24) is 16.0 Å². The highest BCUT2D eigenvalue weighted by atomic mass is 16.5. The SMILES string of the molecule is CCNC(=NCCNC(=O)C(C)C)NC(C)COC1CCOC1. The number of guanidine groups is 1. The van der Waals surface area contributed by atoms with Crippen LogP contribution in [0.25, 0.3) is 0 Å². The van der Waals surface area contributed by atoms with Crippen molar-refractivity contribution in [2.75, 3.05) is 39.5 Å². The molecule has 2 unspecified atom stereocenters. The van der Waals surface area contributed by atoms with Crippen molar-refractivity contribution in [1.29, 1.82) is 0 Å². The smallest absolute Gasteiger partial charge is 0.222 e. The average Bonchev–Trinajstić information content (AvgIpc) is 3.02. The summed E-state index contributed by atoms with van der Waals surface area (Å²) in [5, 5.41) is 9.37. The van der Waals surface area contributed by atoms with Crippen molar-refractivity contribution in [2.45, 2.75) is 46.3 Å². The maximum Gasteiger partial charge on any atom is 0.222 e. The molecule has 0 bridgehead atoms. The highest BCUT2D eigenvalue weighted by molar-refractivity contribution is 5.80. The molecular formula is C16H32N4O3. The van der Waals surface area contributed by atoms with E-state index in [9.17, 15) is 4.79 Å². The van der Waals surface area contributed by atoms with E-state index in [4.69, 9.17) is 9.47 Å². The normalized spacial score (nSPS) is 19.7. The second-order valence-electron chi connectivity index (χ2n) is 6.07. The fourth-order valence-electron chi connectivity index (χ4n) is 2.07. The van der Waals surface area contributed by atoms with Gasteiger partial charge in [-0.15, -0.1) is 0 Å². The van der Waals surface area contributed by atoms with Crippen LogP contribution in [-0.2, 0) is 14.3 Å². The molecule has 1 saturated heterocycles. The molecule has 1 heterocycles. The minimum absolute atomic E-state index is 0.00193. The van der Waals surface area contributed by atoms with Crippen molar-refractivity contribution in [3.8, 4) is 0 Å². The van der Waals surface area contributed by atoms with Crippen LogP contribution in [0.1, 0.15) is 34.1 Å². The first kappa shape index (κ1) is 19.7. The summed E-state index contributed by atoms with van der Waals surface area (Å²) in [5.41, 5.74) is 0. The Balaban J connectivity index is 2.28. The zero-order valence-electron chi connectivity index (χ0n) is 14.9. The molecule has 1 aliphatic rings. The summed E-state index contributed by atoms with van der Waals surface area (Å²) in [6.07, 6.45) is 1.18. The predicted molar refractivity (Wildman–Crippen MR) is 91.6 cm³/mol. The summed E-state index contributed by atoms with van der Waals surface area (Å²) < 4.78 is 11.1. The molecule has 7 nitrogen and oxygen atoms in total. The zero-order valence-corrected chi connectivity index (χ0v) is 14.9. The molecule has 0 aromatic rings. The number of ether oxygens (including phenoxy) is 2. The number of carbonyl (C=O) groups excluding carboxylic acids is 1. The predicted octanol–water partition coefficient (Wildman–Crippen LogP) is 0.508. The molecule has 1 amide bonds. The maximum absolute atomic E-state index is 11.5. The first-order chi connectivity index (χ1) is 11.0. The molecule has 2 atom stereocenters. The van der Waals surface area contributed by atoms with E-state index < -0.39 is 0 Å². The minimum Gasteiger partial charge on any atom is -0.379 e. The van der Waals surface area contributed by atoms with Gasteiger partial charge >= 0.3 is 0 Å². The number of hydrogen-bond acceptors (Lipinski definition) is 4. The third kappa shape index (κ3) is 8.76. The summed E-state index contributed by atoms with van der Waals surface area (Å²) in [5.74, 6) is 0.797. The lowest BCUT2D eigenvalue weighted by molar-refractivity contribution is -0.123. The Morgan fingerprint density at radius 1 is 1.35 bits per heavy atom.